The van der Waals surface area contributed by atoms with E-state index in [1.807, 2.05) is 66.9 Å². The lowest BCUT2D eigenvalue weighted by Crippen LogP contribution is -2.32. The third kappa shape index (κ3) is 3.78. The Morgan fingerprint density at radius 3 is 2.47 bits per heavy atom. The Morgan fingerprint density at radius 1 is 1.10 bits per heavy atom. The molecule has 0 aliphatic carbocycles. The van der Waals surface area contributed by atoms with E-state index in [1.54, 1.807) is 6.92 Å². The third-order valence-corrected chi connectivity index (χ3v) is 6.20. The van der Waals surface area contributed by atoms with E-state index in [0.717, 1.165) is 22.3 Å². The lowest BCUT2D eigenvalue weighted by molar-refractivity contribution is -0.141. The summed E-state index contributed by atoms with van der Waals surface area (Å²) in [6, 6.07) is 16.7. The van der Waals surface area contributed by atoms with Gasteiger partial charge in [-0.25, -0.2) is 9.78 Å². The fourth-order valence-corrected chi connectivity index (χ4v) is 4.71. The van der Waals surface area contributed by atoms with E-state index in [-0.39, 0.29) is 5.56 Å². The van der Waals surface area contributed by atoms with Gasteiger partial charge in [0, 0.05) is 10.9 Å². The van der Waals surface area contributed by atoms with Gasteiger partial charge in [0.2, 0.25) is 0 Å². The first-order valence-electron chi connectivity index (χ1n) is 9.80. The molecule has 2 aromatic heterocycles. The van der Waals surface area contributed by atoms with Crippen molar-refractivity contribution >= 4 is 27.5 Å². The molecule has 1 atom stereocenters. The van der Waals surface area contributed by atoms with Gasteiger partial charge in [-0.05, 0) is 37.8 Å². The number of carboxylic acids is 1. The van der Waals surface area contributed by atoms with E-state index in [4.69, 9.17) is 0 Å². The van der Waals surface area contributed by atoms with Gasteiger partial charge in [-0.1, -0.05) is 60.2 Å². The average Bonchev–Trinajstić information content (AvgIpc) is 3.16. The van der Waals surface area contributed by atoms with Crippen LogP contribution >= 0.6 is 11.3 Å². The molecule has 0 saturated carbocycles. The number of nitrogens with zero attached hydrogens (tertiary/aromatic N) is 2. The van der Waals surface area contributed by atoms with Gasteiger partial charge in [0.1, 0.15) is 16.7 Å². The molecule has 1 unspecified atom stereocenters. The van der Waals surface area contributed by atoms with Crippen LogP contribution in [0.2, 0.25) is 0 Å². The monoisotopic (exact) mass is 418 g/mol. The van der Waals surface area contributed by atoms with Crippen molar-refractivity contribution in [3.05, 3.63) is 87.3 Å². The molecule has 30 heavy (non-hydrogen) atoms. The maximum atomic E-state index is 13.5. The number of carbonyl (C=O) groups is 1. The fraction of sp³-hybridized carbons (Fsp3) is 0.208. The zero-order valence-electron chi connectivity index (χ0n) is 16.8. The maximum absolute atomic E-state index is 13.5. The minimum Gasteiger partial charge on any atom is -0.480 e. The Kier molecular flexibility index (Phi) is 5.50. The highest BCUT2D eigenvalue weighted by Gasteiger charge is 2.25. The summed E-state index contributed by atoms with van der Waals surface area (Å²) >= 11 is 1.41. The second-order valence-corrected chi connectivity index (χ2v) is 8.27. The largest absolute Gasteiger partial charge is 0.480 e. The normalized spacial score (nSPS) is 12.2. The zero-order valence-corrected chi connectivity index (χ0v) is 17.6. The molecule has 152 valence electrons. The number of rotatable bonds is 6. The maximum Gasteiger partial charge on any atom is 0.326 e. The molecular formula is C24H22N2O3S. The van der Waals surface area contributed by atoms with Crippen molar-refractivity contribution < 1.29 is 9.90 Å². The number of carboxylic acid groups (broad SMARTS) is 1. The van der Waals surface area contributed by atoms with Crippen LogP contribution in [0.1, 0.15) is 29.4 Å². The van der Waals surface area contributed by atoms with E-state index in [0.29, 0.717) is 28.9 Å². The van der Waals surface area contributed by atoms with Crippen LogP contribution in [0.15, 0.2) is 64.8 Å². The van der Waals surface area contributed by atoms with Crippen molar-refractivity contribution in [3.8, 4) is 11.1 Å². The number of fused-ring (bicyclic) bond motifs is 1. The molecule has 0 fully saturated rings. The number of hydrogen-bond donors (Lipinski definition) is 1. The first-order chi connectivity index (χ1) is 14.5. The number of aromatic nitrogens is 2. The molecule has 2 heterocycles. The van der Waals surface area contributed by atoms with E-state index < -0.39 is 12.0 Å². The van der Waals surface area contributed by atoms with Gasteiger partial charge in [-0.3, -0.25) is 9.36 Å². The molecule has 0 radical (unpaired) electrons. The number of thiophene rings is 1. The second kappa shape index (κ2) is 8.24. The average molecular weight is 419 g/mol. The number of aryl methyl sites for hydroxylation is 3. The molecule has 0 saturated heterocycles. The minimum absolute atomic E-state index is 0.297. The van der Waals surface area contributed by atoms with Crippen LogP contribution in [-0.2, 0) is 11.2 Å². The standard InChI is InChI=1S/C24H22N2O3S/c1-15-8-10-17(11-9-15)12-13-20(24(28)29)26-16(2)25-22-21(23(26)27)19(14-30-22)18-6-4-3-5-7-18/h3-11,14,20H,12-13H2,1-2H3,(H,28,29). The van der Waals surface area contributed by atoms with Gasteiger partial charge < -0.3 is 5.11 Å². The summed E-state index contributed by atoms with van der Waals surface area (Å²) in [7, 11) is 0. The third-order valence-electron chi connectivity index (χ3n) is 5.32. The van der Waals surface area contributed by atoms with Gasteiger partial charge in [0.25, 0.3) is 5.56 Å². The molecule has 1 N–H and O–H groups in total. The smallest absolute Gasteiger partial charge is 0.326 e. The molecule has 2 aromatic carbocycles. The number of hydrogen-bond acceptors (Lipinski definition) is 4. The Labute approximate surface area is 178 Å². The molecule has 0 amide bonds. The van der Waals surface area contributed by atoms with Crippen LogP contribution in [0.3, 0.4) is 0 Å². The van der Waals surface area contributed by atoms with E-state index in [9.17, 15) is 14.7 Å². The zero-order chi connectivity index (χ0) is 21.3. The topological polar surface area (TPSA) is 72.2 Å². The summed E-state index contributed by atoms with van der Waals surface area (Å²) in [5.41, 5.74) is 3.62. The van der Waals surface area contributed by atoms with Crippen molar-refractivity contribution in [3.63, 3.8) is 0 Å². The van der Waals surface area contributed by atoms with E-state index in [1.165, 1.54) is 15.9 Å². The molecular weight excluding hydrogens is 396 g/mol. The lowest BCUT2D eigenvalue weighted by atomic mass is 10.0. The van der Waals surface area contributed by atoms with Gasteiger partial charge in [-0.15, -0.1) is 11.3 Å². The highest BCUT2D eigenvalue weighted by Crippen LogP contribution is 2.31. The summed E-state index contributed by atoms with van der Waals surface area (Å²) in [5.74, 6) is -0.602. The minimum atomic E-state index is -1.02. The highest BCUT2D eigenvalue weighted by atomic mass is 32.1. The van der Waals surface area contributed by atoms with E-state index >= 15 is 0 Å². The van der Waals surface area contributed by atoms with Gasteiger partial charge in [-0.2, -0.15) is 0 Å². The molecule has 0 spiro atoms. The van der Waals surface area contributed by atoms with Gasteiger partial charge in [0.15, 0.2) is 0 Å². The Bertz CT molecular complexity index is 1260. The van der Waals surface area contributed by atoms with Gasteiger partial charge >= 0.3 is 5.97 Å². The van der Waals surface area contributed by atoms with Crippen molar-refractivity contribution in [1.29, 1.82) is 0 Å². The predicted octanol–water partition coefficient (Wildman–Crippen LogP) is 5.00. The lowest BCUT2D eigenvalue weighted by Gasteiger charge is -2.18. The first kappa shape index (κ1) is 20.0. The number of benzene rings is 2. The Hall–Kier alpha value is -3.25. The molecule has 5 nitrogen and oxygen atoms in total. The van der Waals surface area contributed by atoms with Crippen LogP contribution < -0.4 is 5.56 Å². The molecule has 6 heteroatoms. The molecule has 4 aromatic rings. The first-order valence-corrected chi connectivity index (χ1v) is 10.7. The second-order valence-electron chi connectivity index (χ2n) is 7.41. The van der Waals surface area contributed by atoms with Crippen LogP contribution in [-0.4, -0.2) is 20.6 Å². The van der Waals surface area contributed by atoms with Crippen molar-refractivity contribution in [2.45, 2.75) is 32.7 Å². The molecule has 4 rings (SSSR count). The Morgan fingerprint density at radius 2 is 1.80 bits per heavy atom. The van der Waals surface area contributed by atoms with Crippen LogP contribution in [0.4, 0.5) is 0 Å². The van der Waals surface area contributed by atoms with E-state index in [2.05, 4.69) is 4.98 Å². The Balaban J connectivity index is 1.78. The summed E-state index contributed by atoms with van der Waals surface area (Å²) in [4.78, 5) is 30.8. The van der Waals surface area contributed by atoms with Crippen molar-refractivity contribution in [2.24, 2.45) is 0 Å². The SMILES string of the molecule is Cc1ccc(CCC(C(=O)O)n2c(C)nc3scc(-c4ccccc4)c3c2=O)cc1. The van der Waals surface area contributed by atoms with Gasteiger partial charge in [0.05, 0.1) is 5.39 Å². The number of aliphatic carboxylic acids is 1. The van der Waals surface area contributed by atoms with Crippen LogP contribution in [0.25, 0.3) is 21.3 Å². The predicted molar refractivity (Wildman–Crippen MR) is 120 cm³/mol. The molecule has 0 aliphatic rings. The summed E-state index contributed by atoms with van der Waals surface area (Å²) in [6.07, 6.45) is 0.882. The quantitative estimate of drug-likeness (QED) is 0.478. The van der Waals surface area contributed by atoms with Crippen molar-refractivity contribution in [1.82, 2.24) is 9.55 Å². The highest BCUT2D eigenvalue weighted by molar-refractivity contribution is 7.17. The van der Waals surface area contributed by atoms with Crippen LogP contribution in [0, 0.1) is 13.8 Å². The summed E-state index contributed by atoms with van der Waals surface area (Å²) in [5, 5.41) is 12.3. The summed E-state index contributed by atoms with van der Waals surface area (Å²) < 4.78 is 1.35. The van der Waals surface area contributed by atoms with Crippen molar-refractivity contribution in [2.75, 3.05) is 0 Å². The molecule has 0 aliphatic heterocycles. The molecule has 0 bridgehead atoms. The van der Waals surface area contributed by atoms with Crippen LogP contribution in [0.5, 0.6) is 0 Å². The fourth-order valence-electron chi connectivity index (χ4n) is 3.72. The summed E-state index contributed by atoms with van der Waals surface area (Å²) in [6.45, 7) is 3.71.